The summed E-state index contributed by atoms with van der Waals surface area (Å²) in [5.74, 6) is -1.26. The molecule has 2 heterocycles. The molecule has 0 atom stereocenters. The van der Waals surface area contributed by atoms with E-state index in [-0.39, 0.29) is 29.5 Å². The second kappa shape index (κ2) is 8.79. The average Bonchev–Trinajstić information content (AvgIpc) is 3.25. The van der Waals surface area contributed by atoms with E-state index < -0.39 is 17.0 Å². The standard InChI is InChI=1S/C19H15FN2O3S2/c20-15-6-2-1-4-13(15)12-16-18(24)22(19(25)27-16)10-9-21-17(23)8-7-14-5-3-11-26-14/h1-8,11-12H,9-10H2,(H,21,23)/b8-7+,16-12-. The van der Waals surface area contributed by atoms with Crippen molar-refractivity contribution < 1.29 is 18.8 Å². The summed E-state index contributed by atoms with van der Waals surface area (Å²) in [4.78, 5) is 38.3. The molecule has 1 saturated heterocycles. The molecule has 0 bridgehead atoms. The Morgan fingerprint density at radius 3 is 2.74 bits per heavy atom. The molecule has 1 aromatic heterocycles. The van der Waals surface area contributed by atoms with Crippen molar-refractivity contribution in [3.8, 4) is 0 Å². The van der Waals surface area contributed by atoms with Gasteiger partial charge >= 0.3 is 0 Å². The summed E-state index contributed by atoms with van der Waals surface area (Å²) in [6.45, 7) is 0.191. The Morgan fingerprint density at radius 2 is 2.00 bits per heavy atom. The second-order valence-corrected chi connectivity index (χ2v) is 7.47. The molecule has 3 rings (SSSR count). The van der Waals surface area contributed by atoms with E-state index in [0.29, 0.717) is 0 Å². The van der Waals surface area contributed by atoms with Crippen LogP contribution in [-0.2, 0) is 9.59 Å². The summed E-state index contributed by atoms with van der Waals surface area (Å²) in [6, 6.07) is 9.79. The van der Waals surface area contributed by atoms with Crippen molar-refractivity contribution in [2.75, 3.05) is 13.1 Å². The van der Waals surface area contributed by atoms with Crippen molar-refractivity contribution in [1.82, 2.24) is 10.2 Å². The molecule has 1 aromatic carbocycles. The zero-order valence-corrected chi connectivity index (χ0v) is 15.7. The third-order valence-electron chi connectivity index (χ3n) is 3.64. The van der Waals surface area contributed by atoms with Gasteiger partial charge in [-0.15, -0.1) is 11.3 Å². The molecule has 1 fully saturated rings. The van der Waals surface area contributed by atoms with Gasteiger partial charge < -0.3 is 5.32 Å². The number of thiophene rings is 1. The van der Waals surface area contributed by atoms with E-state index in [2.05, 4.69) is 5.32 Å². The van der Waals surface area contributed by atoms with Crippen LogP contribution >= 0.6 is 23.1 Å². The predicted molar refractivity (Wildman–Crippen MR) is 105 cm³/mol. The summed E-state index contributed by atoms with van der Waals surface area (Å²) < 4.78 is 13.7. The van der Waals surface area contributed by atoms with Crippen LogP contribution in [0.25, 0.3) is 12.2 Å². The molecule has 0 saturated carbocycles. The molecule has 2 aromatic rings. The smallest absolute Gasteiger partial charge is 0.293 e. The monoisotopic (exact) mass is 402 g/mol. The molecule has 0 radical (unpaired) electrons. The highest BCUT2D eigenvalue weighted by Crippen LogP contribution is 2.32. The Hall–Kier alpha value is -2.71. The van der Waals surface area contributed by atoms with E-state index >= 15 is 0 Å². The van der Waals surface area contributed by atoms with Crippen LogP contribution in [0.15, 0.2) is 52.8 Å². The first-order valence-corrected chi connectivity index (χ1v) is 9.73. The molecule has 27 heavy (non-hydrogen) atoms. The average molecular weight is 402 g/mol. The number of carbonyl (C=O) groups excluding carboxylic acids is 3. The number of rotatable bonds is 6. The predicted octanol–water partition coefficient (Wildman–Crippen LogP) is 3.75. The number of halogens is 1. The molecule has 1 N–H and O–H groups in total. The van der Waals surface area contributed by atoms with Gasteiger partial charge in [-0.2, -0.15) is 0 Å². The van der Waals surface area contributed by atoms with Gasteiger partial charge in [0.2, 0.25) is 5.91 Å². The van der Waals surface area contributed by atoms with Crippen molar-refractivity contribution in [2.24, 2.45) is 0 Å². The lowest BCUT2D eigenvalue weighted by Gasteiger charge is -2.12. The van der Waals surface area contributed by atoms with Gasteiger partial charge in [0.1, 0.15) is 5.82 Å². The fourth-order valence-corrected chi connectivity index (χ4v) is 3.79. The molecule has 1 aliphatic heterocycles. The normalized spacial score (nSPS) is 15.9. The van der Waals surface area contributed by atoms with Crippen molar-refractivity contribution in [3.05, 3.63) is 69.0 Å². The summed E-state index contributed by atoms with van der Waals surface area (Å²) in [5, 5.41) is 4.10. The molecule has 8 heteroatoms. The van der Waals surface area contributed by atoms with Crippen molar-refractivity contribution >= 4 is 52.3 Å². The van der Waals surface area contributed by atoms with E-state index in [4.69, 9.17) is 0 Å². The largest absolute Gasteiger partial charge is 0.351 e. The molecule has 0 aliphatic carbocycles. The summed E-state index contributed by atoms with van der Waals surface area (Å²) in [5.41, 5.74) is 0.245. The molecular weight excluding hydrogens is 387 g/mol. The molecule has 1 aliphatic rings. The first kappa shape index (κ1) is 19.1. The van der Waals surface area contributed by atoms with E-state index in [1.807, 2.05) is 17.5 Å². The molecule has 5 nitrogen and oxygen atoms in total. The summed E-state index contributed by atoms with van der Waals surface area (Å²) in [7, 11) is 0. The minimum absolute atomic E-state index is 0.0534. The highest BCUT2D eigenvalue weighted by atomic mass is 32.2. The third kappa shape index (κ3) is 4.93. The third-order valence-corrected chi connectivity index (χ3v) is 5.39. The number of hydrogen-bond acceptors (Lipinski definition) is 5. The fourth-order valence-electron chi connectivity index (χ4n) is 2.32. The maximum Gasteiger partial charge on any atom is 0.293 e. The molecule has 0 spiro atoms. The Balaban J connectivity index is 1.55. The zero-order valence-electron chi connectivity index (χ0n) is 14.1. The Labute approximate surface area is 163 Å². The topological polar surface area (TPSA) is 66.5 Å². The number of nitrogens with one attached hydrogen (secondary N) is 1. The minimum atomic E-state index is -0.489. The van der Waals surface area contributed by atoms with E-state index in [9.17, 15) is 18.8 Å². The van der Waals surface area contributed by atoms with Crippen LogP contribution in [0.4, 0.5) is 9.18 Å². The van der Waals surface area contributed by atoms with Gasteiger partial charge in [-0.3, -0.25) is 19.3 Å². The number of imide groups is 1. The number of carbonyl (C=O) groups is 3. The van der Waals surface area contributed by atoms with Crippen LogP contribution < -0.4 is 5.32 Å². The first-order valence-electron chi connectivity index (χ1n) is 8.04. The molecule has 3 amide bonds. The van der Waals surface area contributed by atoms with Crippen LogP contribution in [-0.4, -0.2) is 35.0 Å². The summed E-state index contributed by atoms with van der Waals surface area (Å²) >= 11 is 2.27. The summed E-state index contributed by atoms with van der Waals surface area (Å²) in [6.07, 6.45) is 4.46. The van der Waals surface area contributed by atoms with Crippen LogP contribution in [0.1, 0.15) is 10.4 Å². The van der Waals surface area contributed by atoms with E-state index in [1.54, 1.807) is 18.2 Å². The Kier molecular flexibility index (Phi) is 6.20. The first-order chi connectivity index (χ1) is 13.0. The van der Waals surface area contributed by atoms with Gasteiger partial charge in [0.05, 0.1) is 4.91 Å². The van der Waals surface area contributed by atoms with Gasteiger partial charge in [0.15, 0.2) is 0 Å². The SMILES string of the molecule is O=C(/C=C/c1cccs1)NCCN1C(=O)S/C(=C\c2ccccc2F)C1=O. The maximum atomic E-state index is 13.7. The van der Waals surface area contributed by atoms with Gasteiger partial charge in [0, 0.05) is 29.6 Å². The van der Waals surface area contributed by atoms with Gasteiger partial charge in [-0.05, 0) is 41.4 Å². The van der Waals surface area contributed by atoms with Gasteiger partial charge in [0.25, 0.3) is 11.1 Å². The highest BCUT2D eigenvalue weighted by Gasteiger charge is 2.34. The molecular formula is C19H15FN2O3S2. The van der Waals surface area contributed by atoms with Crippen LogP contribution in [0.3, 0.4) is 0 Å². The lowest BCUT2D eigenvalue weighted by atomic mass is 10.2. The Bertz CT molecular complexity index is 923. The highest BCUT2D eigenvalue weighted by molar-refractivity contribution is 8.18. The number of thioether (sulfide) groups is 1. The fraction of sp³-hybridized carbons (Fsp3) is 0.105. The van der Waals surface area contributed by atoms with E-state index in [1.165, 1.54) is 35.6 Å². The van der Waals surface area contributed by atoms with E-state index in [0.717, 1.165) is 21.5 Å². The minimum Gasteiger partial charge on any atom is -0.351 e. The van der Waals surface area contributed by atoms with Crippen LogP contribution in [0.2, 0.25) is 0 Å². The second-order valence-electron chi connectivity index (χ2n) is 5.49. The van der Waals surface area contributed by atoms with Gasteiger partial charge in [-0.25, -0.2) is 4.39 Å². The van der Waals surface area contributed by atoms with Crippen molar-refractivity contribution in [3.63, 3.8) is 0 Å². The number of hydrogen-bond donors (Lipinski definition) is 1. The zero-order chi connectivity index (χ0) is 19.2. The lowest BCUT2D eigenvalue weighted by molar-refractivity contribution is -0.123. The van der Waals surface area contributed by atoms with Crippen molar-refractivity contribution in [1.29, 1.82) is 0 Å². The molecule has 0 unspecified atom stereocenters. The Morgan fingerprint density at radius 1 is 1.19 bits per heavy atom. The maximum absolute atomic E-state index is 13.7. The van der Waals surface area contributed by atoms with Gasteiger partial charge in [-0.1, -0.05) is 24.3 Å². The van der Waals surface area contributed by atoms with Crippen LogP contribution in [0, 0.1) is 5.82 Å². The number of benzene rings is 1. The van der Waals surface area contributed by atoms with Crippen LogP contribution in [0.5, 0.6) is 0 Å². The number of nitrogens with zero attached hydrogens (tertiary/aromatic N) is 1. The number of amides is 3. The lowest BCUT2D eigenvalue weighted by Crippen LogP contribution is -2.36. The quantitative estimate of drug-likeness (QED) is 0.748. The molecule has 138 valence electrons. The van der Waals surface area contributed by atoms with Crippen molar-refractivity contribution in [2.45, 2.75) is 0 Å².